The van der Waals surface area contributed by atoms with E-state index in [9.17, 15) is 4.79 Å². The Labute approximate surface area is 159 Å². The topological polar surface area (TPSA) is 60.5 Å². The van der Waals surface area contributed by atoms with Crippen LogP contribution >= 0.6 is 0 Å². The Balaban J connectivity index is 1.68. The third kappa shape index (κ3) is 5.45. The number of nitrogens with zero attached hydrogens (tertiary/aromatic N) is 1. The van der Waals surface area contributed by atoms with Gasteiger partial charge in [0.2, 0.25) is 11.8 Å². The molecule has 0 aliphatic heterocycles. The van der Waals surface area contributed by atoms with Crippen LogP contribution in [0.2, 0.25) is 0 Å². The molecule has 0 aliphatic carbocycles. The fourth-order valence-corrected chi connectivity index (χ4v) is 2.73. The minimum atomic E-state index is -0.0111. The maximum atomic E-state index is 11.0. The van der Waals surface area contributed by atoms with Gasteiger partial charge in [0.15, 0.2) is 0 Å². The summed E-state index contributed by atoms with van der Waals surface area (Å²) in [5, 5.41) is 3.85. The van der Waals surface area contributed by atoms with Crippen LogP contribution in [0.3, 0.4) is 0 Å². The number of rotatable bonds is 7. The Morgan fingerprint density at radius 2 is 1.78 bits per heavy atom. The smallest absolute Gasteiger partial charge is 0.219 e. The standard InChI is InChI=1S/C22H24N2O3/c1-15(2)26-19-6-8-20(9-7-19)27-22-11-5-18-14-17(4-10-21(18)24-22)12-13-23-16(3)25/h4-11,14-15H,12-13H2,1-3H3,(H,23,25). The monoisotopic (exact) mass is 364 g/mol. The predicted molar refractivity (Wildman–Crippen MR) is 106 cm³/mol. The number of pyridine rings is 1. The van der Waals surface area contributed by atoms with Crippen molar-refractivity contribution in [3.05, 3.63) is 60.2 Å². The second-order valence-electron chi connectivity index (χ2n) is 6.65. The van der Waals surface area contributed by atoms with Crippen LogP contribution in [0, 0.1) is 0 Å². The van der Waals surface area contributed by atoms with E-state index in [-0.39, 0.29) is 12.0 Å². The Hall–Kier alpha value is -3.08. The maximum Gasteiger partial charge on any atom is 0.219 e. The molecule has 2 aromatic carbocycles. The fourth-order valence-electron chi connectivity index (χ4n) is 2.73. The summed E-state index contributed by atoms with van der Waals surface area (Å²) in [6.45, 7) is 6.14. The Kier molecular flexibility index (Phi) is 5.91. The van der Waals surface area contributed by atoms with E-state index >= 15 is 0 Å². The number of aromatic nitrogens is 1. The average Bonchev–Trinajstić information content (AvgIpc) is 2.63. The summed E-state index contributed by atoms with van der Waals surface area (Å²) in [6.07, 6.45) is 0.931. The van der Waals surface area contributed by atoms with E-state index in [2.05, 4.69) is 16.4 Å². The van der Waals surface area contributed by atoms with E-state index in [0.29, 0.717) is 18.2 Å². The summed E-state index contributed by atoms with van der Waals surface area (Å²) in [5.74, 6) is 2.06. The molecule has 0 saturated heterocycles. The summed E-state index contributed by atoms with van der Waals surface area (Å²) < 4.78 is 11.5. The van der Waals surface area contributed by atoms with E-state index in [1.807, 2.05) is 62.4 Å². The molecule has 27 heavy (non-hydrogen) atoms. The van der Waals surface area contributed by atoms with Gasteiger partial charge < -0.3 is 14.8 Å². The quantitative estimate of drug-likeness (QED) is 0.671. The predicted octanol–water partition coefficient (Wildman–Crippen LogP) is 4.49. The van der Waals surface area contributed by atoms with Gasteiger partial charge in [0.1, 0.15) is 11.5 Å². The maximum absolute atomic E-state index is 11.0. The van der Waals surface area contributed by atoms with Crippen LogP contribution in [0.5, 0.6) is 17.4 Å². The molecular formula is C22H24N2O3. The van der Waals surface area contributed by atoms with Crippen molar-refractivity contribution in [2.45, 2.75) is 33.3 Å². The van der Waals surface area contributed by atoms with E-state index in [1.54, 1.807) is 0 Å². The molecule has 0 fully saturated rings. The van der Waals surface area contributed by atoms with Gasteiger partial charge in [-0.25, -0.2) is 4.98 Å². The zero-order chi connectivity index (χ0) is 19.2. The molecule has 1 amide bonds. The highest BCUT2D eigenvalue weighted by atomic mass is 16.5. The number of amides is 1. The SMILES string of the molecule is CC(=O)NCCc1ccc2nc(Oc3ccc(OC(C)C)cc3)ccc2c1. The third-order valence-corrected chi connectivity index (χ3v) is 3.93. The van der Waals surface area contributed by atoms with Crippen LogP contribution in [0.4, 0.5) is 0 Å². The lowest BCUT2D eigenvalue weighted by Gasteiger charge is -2.11. The minimum Gasteiger partial charge on any atom is -0.491 e. The molecule has 140 valence electrons. The van der Waals surface area contributed by atoms with Crippen LogP contribution in [-0.4, -0.2) is 23.5 Å². The lowest BCUT2D eigenvalue weighted by molar-refractivity contribution is -0.118. The van der Waals surface area contributed by atoms with E-state index in [4.69, 9.17) is 9.47 Å². The zero-order valence-corrected chi connectivity index (χ0v) is 15.9. The Bertz CT molecular complexity index is 920. The molecule has 0 atom stereocenters. The summed E-state index contributed by atoms with van der Waals surface area (Å²) in [7, 11) is 0. The van der Waals surface area contributed by atoms with Crippen molar-refractivity contribution in [2.75, 3.05) is 6.54 Å². The first kappa shape index (κ1) is 18.7. The number of fused-ring (bicyclic) bond motifs is 1. The van der Waals surface area contributed by atoms with Gasteiger partial charge in [0.05, 0.1) is 11.6 Å². The number of hydrogen-bond donors (Lipinski definition) is 1. The van der Waals surface area contributed by atoms with E-state index < -0.39 is 0 Å². The molecule has 3 rings (SSSR count). The summed E-state index contributed by atoms with van der Waals surface area (Å²) in [4.78, 5) is 15.5. The highest BCUT2D eigenvalue weighted by molar-refractivity contribution is 5.80. The Morgan fingerprint density at radius 1 is 1.04 bits per heavy atom. The molecule has 0 saturated carbocycles. The molecule has 0 radical (unpaired) electrons. The second kappa shape index (κ2) is 8.54. The fraction of sp³-hybridized carbons (Fsp3) is 0.273. The van der Waals surface area contributed by atoms with Crippen LogP contribution in [-0.2, 0) is 11.2 Å². The van der Waals surface area contributed by atoms with E-state index in [0.717, 1.165) is 28.6 Å². The molecule has 0 spiro atoms. The second-order valence-corrected chi connectivity index (χ2v) is 6.65. The molecule has 1 N–H and O–H groups in total. The van der Waals surface area contributed by atoms with Gasteiger partial charge in [-0.15, -0.1) is 0 Å². The normalized spacial score (nSPS) is 10.8. The number of carbonyl (C=O) groups excluding carboxylic acids is 1. The van der Waals surface area contributed by atoms with Gasteiger partial charge in [0.25, 0.3) is 0 Å². The van der Waals surface area contributed by atoms with Crippen molar-refractivity contribution in [2.24, 2.45) is 0 Å². The molecule has 1 heterocycles. The van der Waals surface area contributed by atoms with Crippen molar-refractivity contribution in [1.82, 2.24) is 10.3 Å². The molecule has 0 aliphatic rings. The summed E-state index contributed by atoms with van der Waals surface area (Å²) in [5.41, 5.74) is 2.03. The molecular weight excluding hydrogens is 340 g/mol. The van der Waals surface area contributed by atoms with Gasteiger partial charge in [-0.2, -0.15) is 0 Å². The Morgan fingerprint density at radius 3 is 2.48 bits per heavy atom. The molecule has 5 nitrogen and oxygen atoms in total. The van der Waals surface area contributed by atoms with E-state index in [1.165, 1.54) is 6.92 Å². The number of benzene rings is 2. The molecule has 0 bridgehead atoms. The number of hydrogen-bond acceptors (Lipinski definition) is 4. The van der Waals surface area contributed by atoms with Crippen LogP contribution < -0.4 is 14.8 Å². The van der Waals surface area contributed by atoms with Crippen molar-refractivity contribution in [3.63, 3.8) is 0 Å². The van der Waals surface area contributed by atoms with Gasteiger partial charge in [-0.3, -0.25) is 4.79 Å². The van der Waals surface area contributed by atoms with Gasteiger partial charge in [0, 0.05) is 24.9 Å². The molecule has 1 aromatic heterocycles. The highest BCUT2D eigenvalue weighted by Crippen LogP contribution is 2.25. The largest absolute Gasteiger partial charge is 0.491 e. The lowest BCUT2D eigenvalue weighted by Crippen LogP contribution is -2.22. The van der Waals surface area contributed by atoms with Gasteiger partial charge in [-0.05, 0) is 68.3 Å². The van der Waals surface area contributed by atoms with Crippen molar-refractivity contribution in [3.8, 4) is 17.4 Å². The third-order valence-electron chi connectivity index (χ3n) is 3.93. The number of nitrogens with one attached hydrogen (secondary N) is 1. The lowest BCUT2D eigenvalue weighted by atomic mass is 10.1. The zero-order valence-electron chi connectivity index (χ0n) is 15.9. The van der Waals surface area contributed by atoms with Crippen LogP contribution in [0.25, 0.3) is 10.9 Å². The number of carbonyl (C=O) groups is 1. The average molecular weight is 364 g/mol. The number of ether oxygens (including phenoxy) is 2. The summed E-state index contributed by atoms with van der Waals surface area (Å²) >= 11 is 0. The van der Waals surface area contributed by atoms with Crippen molar-refractivity contribution in [1.29, 1.82) is 0 Å². The first-order valence-electron chi connectivity index (χ1n) is 9.08. The van der Waals surface area contributed by atoms with Crippen molar-refractivity contribution >= 4 is 16.8 Å². The van der Waals surface area contributed by atoms with Crippen molar-refractivity contribution < 1.29 is 14.3 Å². The molecule has 0 unspecified atom stereocenters. The minimum absolute atomic E-state index is 0.0111. The first-order valence-corrected chi connectivity index (χ1v) is 9.08. The van der Waals surface area contributed by atoms with Gasteiger partial charge in [-0.1, -0.05) is 6.07 Å². The summed E-state index contributed by atoms with van der Waals surface area (Å²) in [6, 6.07) is 17.5. The molecule has 5 heteroatoms. The van der Waals surface area contributed by atoms with Crippen LogP contribution in [0.15, 0.2) is 54.6 Å². The molecule has 3 aromatic rings. The van der Waals surface area contributed by atoms with Gasteiger partial charge >= 0.3 is 0 Å². The highest BCUT2D eigenvalue weighted by Gasteiger charge is 2.04. The first-order chi connectivity index (χ1) is 13.0. The van der Waals surface area contributed by atoms with Crippen LogP contribution in [0.1, 0.15) is 26.3 Å².